The fourth-order valence-electron chi connectivity index (χ4n) is 2.46. The zero-order valence-electron chi connectivity index (χ0n) is 14.0. The van der Waals surface area contributed by atoms with Gasteiger partial charge in [0.05, 0.1) is 19.2 Å². The molecular formula is C14H17N5O7S. The van der Waals surface area contributed by atoms with Crippen LogP contribution in [-0.2, 0) is 19.2 Å². The third kappa shape index (κ3) is 4.13. The molecule has 3 aromatic rings. The van der Waals surface area contributed by atoms with E-state index in [-0.39, 0.29) is 5.65 Å². The Bertz CT molecular complexity index is 1000. The summed E-state index contributed by atoms with van der Waals surface area (Å²) in [6, 6.07) is 3.38. The van der Waals surface area contributed by atoms with E-state index in [9.17, 15) is 18.6 Å². The highest BCUT2D eigenvalue weighted by atomic mass is 32.2. The normalized spacial score (nSPS) is 15.7. The van der Waals surface area contributed by atoms with Crippen molar-refractivity contribution in [1.29, 1.82) is 0 Å². The van der Waals surface area contributed by atoms with E-state index in [0.717, 1.165) is 0 Å². The van der Waals surface area contributed by atoms with Gasteiger partial charge in [0, 0.05) is 7.11 Å². The molecule has 0 bridgehead atoms. The Morgan fingerprint density at radius 1 is 1.33 bits per heavy atom. The van der Waals surface area contributed by atoms with Gasteiger partial charge >= 0.3 is 10.3 Å². The predicted molar refractivity (Wildman–Crippen MR) is 90.1 cm³/mol. The summed E-state index contributed by atoms with van der Waals surface area (Å²) in [7, 11) is -3.01. The molecule has 4 N–H and O–H groups in total. The van der Waals surface area contributed by atoms with Gasteiger partial charge in [-0.1, -0.05) is 0 Å². The first kappa shape index (κ1) is 19.3. The molecule has 3 atom stereocenters. The molecular weight excluding hydrogens is 382 g/mol. The third-order valence-electron chi connectivity index (χ3n) is 3.78. The van der Waals surface area contributed by atoms with Gasteiger partial charge in [-0.05, 0) is 12.1 Å². The number of ether oxygens (including phenoxy) is 1. The van der Waals surface area contributed by atoms with Gasteiger partial charge in [-0.3, -0.25) is 8.75 Å². The first-order chi connectivity index (χ1) is 12.8. The second-order valence-corrected chi connectivity index (χ2v) is 6.70. The van der Waals surface area contributed by atoms with E-state index in [1.807, 2.05) is 0 Å². The number of hydrogen-bond acceptors (Lipinski definition) is 10. The van der Waals surface area contributed by atoms with Gasteiger partial charge in [-0.15, -0.1) is 0 Å². The lowest BCUT2D eigenvalue weighted by Crippen LogP contribution is -2.40. The molecule has 0 aliphatic rings. The Kier molecular flexibility index (Phi) is 5.50. The van der Waals surface area contributed by atoms with Crippen LogP contribution in [-0.4, -0.2) is 64.1 Å². The number of aromatic nitrogens is 4. The molecule has 0 unspecified atom stereocenters. The van der Waals surface area contributed by atoms with Gasteiger partial charge in [-0.25, -0.2) is 20.1 Å². The maximum absolute atomic E-state index is 10.9. The summed E-state index contributed by atoms with van der Waals surface area (Å²) in [5.41, 5.74) is 0.977. The molecule has 12 nitrogen and oxygen atoms in total. The van der Waals surface area contributed by atoms with E-state index in [0.29, 0.717) is 17.0 Å². The predicted octanol–water partition coefficient (Wildman–Crippen LogP) is -0.827. The van der Waals surface area contributed by atoms with Gasteiger partial charge in [-0.2, -0.15) is 8.42 Å². The second-order valence-electron chi connectivity index (χ2n) is 5.48. The number of rotatable bonds is 8. The first-order valence-corrected chi connectivity index (χ1v) is 9.06. The van der Waals surface area contributed by atoms with E-state index in [1.54, 1.807) is 12.1 Å². The average Bonchev–Trinajstić information content (AvgIpc) is 3.30. The molecule has 13 heteroatoms. The van der Waals surface area contributed by atoms with Crippen molar-refractivity contribution in [3.8, 4) is 11.5 Å². The SMILES string of the molecule is CO[C@H](COS(N)(=O)=O)[C@@H](O)[C@@H](O)n1cnc2c(-c3ccco3)ncnc21. The molecule has 27 heavy (non-hydrogen) atoms. The number of nitrogens with two attached hydrogens (primary N) is 1. The van der Waals surface area contributed by atoms with E-state index >= 15 is 0 Å². The monoisotopic (exact) mass is 399 g/mol. The minimum absolute atomic E-state index is 0.227. The quantitative estimate of drug-likeness (QED) is 0.433. The molecule has 0 aromatic carbocycles. The van der Waals surface area contributed by atoms with Crippen LogP contribution in [0.3, 0.4) is 0 Å². The number of nitrogens with zero attached hydrogens (tertiary/aromatic N) is 4. The lowest BCUT2D eigenvalue weighted by molar-refractivity contribution is -0.112. The van der Waals surface area contributed by atoms with Gasteiger partial charge in [0.15, 0.2) is 17.6 Å². The first-order valence-electron chi connectivity index (χ1n) is 7.59. The van der Waals surface area contributed by atoms with Crippen molar-refractivity contribution in [3.63, 3.8) is 0 Å². The van der Waals surface area contributed by atoms with Crippen molar-refractivity contribution in [3.05, 3.63) is 31.1 Å². The maximum atomic E-state index is 10.9. The zero-order chi connectivity index (χ0) is 19.6. The summed E-state index contributed by atoms with van der Waals surface area (Å²) in [5.74, 6) is 0.457. The van der Waals surface area contributed by atoms with Crippen LogP contribution in [0.15, 0.2) is 35.5 Å². The smallest absolute Gasteiger partial charge is 0.333 e. The topological polar surface area (TPSA) is 176 Å². The van der Waals surface area contributed by atoms with Crippen molar-refractivity contribution in [2.24, 2.45) is 5.14 Å². The Balaban J connectivity index is 1.89. The fourth-order valence-corrected chi connectivity index (χ4v) is 2.79. The van der Waals surface area contributed by atoms with Gasteiger partial charge in [0.2, 0.25) is 0 Å². The van der Waals surface area contributed by atoms with E-state index in [1.165, 1.54) is 30.6 Å². The van der Waals surface area contributed by atoms with Crippen molar-refractivity contribution in [2.45, 2.75) is 18.4 Å². The molecule has 0 aliphatic carbocycles. The summed E-state index contributed by atoms with van der Waals surface area (Å²) >= 11 is 0. The largest absolute Gasteiger partial charge is 0.463 e. The highest BCUT2D eigenvalue weighted by Crippen LogP contribution is 2.26. The van der Waals surface area contributed by atoms with Crippen LogP contribution in [0.5, 0.6) is 0 Å². The molecule has 0 fully saturated rings. The number of aliphatic hydroxyl groups is 2. The van der Waals surface area contributed by atoms with Crippen LogP contribution in [0.4, 0.5) is 0 Å². The Morgan fingerprint density at radius 3 is 2.74 bits per heavy atom. The van der Waals surface area contributed by atoms with Gasteiger partial charge in [0.1, 0.15) is 29.7 Å². The number of methoxy groups -OCH3 is 1. The Labute approximate surface area is 153 Å². The van der Waals surface area contributed by atoms with Crippen LogP contribution >= 0.6 is 0 Å². The number of imidazole rings is 1. The van der Waals surface area contributed by atoms with Crippen LogP contribution in [0.1, 0.15) is 6.23 Å². The van der Waals surface area contributed by atoms with Crippen molar-refractivity contribution >= 4 is 21.5 Å². The minimum atomic E-state index is -4.23. The second kappa shape index (κ2) is 7.67. The highest BCUT2D eigenvalue weighted by molar-refractivity contribution is 7.84. The maximum Gasteiger partial charge on any atom is 0.333 e. The van der Waals surface area contributed by atoms with Crippen LogP contribution in [0.25, 0.3) is 22.6 Å². The fraction of sp³-hybridized carbons (Fsp3) is 0.357. The highest BCUT2D eigenvalue weighted by Gasteiger charge is 2.30. The van der Waals surface area contributed by atoms with E-state index < -0.39 is 35.3 Å². The van der Waals surface area contributed by atoms with Gasteiger partial charge in [0.25, 0.3) is 0 Å². The average molecular weight is 399 g/mol. The standard InChI is InChI=1S/C14H17N5O7S/c1-24-9(5-26-27(15,22)23)12(20)14(21)19-7-18-11-10(8-3-2-4-25-8)16-6-17-13(11)19/h2-4,6-7,9,12,14,20-21H,5H2,1H3,(H2,15,22,23)/t9-,12-,14-/m1/s1. The lowest BCUT2D eigenvalue weighted by atomic mass is 10.2. The zero-order valence-corrected chi connectivity index (χ0v) is 14.9. The summed E-state index contributed by atoms with van der Waals surface area (Å²) in [6.45, 7) is -0.590. The molecule has 3 aromatic heterocycles. The number of fused-ring (bicyclic) bond motifs is 1. The molecule has 0 radical (unpaired) electrons. The molecule has 3 heterocycles. The summed E-state index contributed by atoms with van der Waals surface area (Å²) < 4.78 is 37.7. The van der Waals surface area contributed by atoms with E-state index in [4.69, 9.17) is 14.3 Å². The van der Waals surface area contributed by atoms with E-state index in [2.05, 4.69) is 19.1 Å². The molecule has 0 aliphatic heterocycles. The van der Waals surface area contributed by atoms with Crippen molar-refractivity contribution in [1.82, 2.24) is 19.5 Å². The van der Waals surface area contributed by atoms with Crippen LogP contribution < -0.4 is 5.14 Å². The number of furan rings is 1. The number of aliphatic hydroxyl groups excluding tert-OH is 2. The molecule has 0 saturated carbocycles. The summed E-state index contributed by atoms with van der Waals surface area (Å²) in [4.78, 5) is 12.4. The number of hydrogen-bond donors (Lipinski definition) is 3. The molecule has 3 rings (SSSR count). The third-order valence-corrected chi connectivity index (χ3v) is 4.25. The van der Waals surface area contributed by atoms with Crippen LogP contribution in [0, 0.1) is 0 Å². The Hall–Kier alpha value is -2.42. The lowest BCUT2D eigenvalue weighted by Gasteiger charge is -2.25. The Morgan fingerprint density at radius 2 is 2.11 bits per heavy atom. The molecule has 0 amide bonds. The summed E-state index contributed by atoms with van der Waals surface area (Å²) in [6.07, 6.45) is -0.336. The van der Waals surface area contributed by atoms with Crippen LogP contribution in [0.2, 0.25) is 0 Å². The molecule has 0 spiro atoms. The van der Waals surface area contributed by atoms with Crippen molar-refractivity contribution < 1.29 is 32.0 Å². The minimum Gasteiger partial charge on any atom is -0.463 e. The molecule has 146 valence electrons. The summed E-state index contributed by atoms with van der Waals surface area (Å²) in [5, 5.41) is 25.6. The van der Waals surface area contributed by atoms with Gasteiger partial charge < -0.3 is 19.4 Å². The molecule has 0 saturated heterocycles. The van der Waals surface area contributed by atoms with Crippen molar-refractivity contribution in [2.75, 3.05) is 13.7 Å².